The van der Waals surface area contributed by atoms with E-state index in [4.69, 9.17) is 21.5 Å². The molecule has 0 aliphatic rings. The zero-order valence-corrected chi connectivity index (χ0v) is 18.0. The molecule has 2 N–H and O–H groups in total. The van der Waals surface area contributed by atoms with E-state index in [0.717, 1.165) is 24.1 Å². The minimum absolute atomic E-state index is 0.0219. The number of carbonyl (C=O) groups is 2. The third-order valence-corrected chi connectivity index (χ3v) is 4.72. The second-order valence-electron chi connectivity index (χ2n) is 6.72. The lowest BCUT2D eigenvalue weighted by molar-refractivity contribution is -0.122. The van der Waals surface area contributed by atoms with Crippen molar-refractivity contribution in [2.75, 3.05) is 27.2 Å². The van der Waals surface area contributed by atoms with E-state index in [9.17, 15) is 4.79 Å². The lowest BCUT2D eigenvalue weighted by Gasteiger charge is -2.27. The Labute approximate surface area is 178 Å². The zero-order valence-electron chi connectivity index (χ0n) is 17.2. The number of halogens is 1. The van der Waals surface area contributed by atoms with Gasteiger partial charge >= 0.3 is 6.03 Å². The highest BCUT2D eigenvalue weighted by molar-refractivity contribution is 6.31. The fourth-order valence-electron chi connectivity index (χ4n) is 2.79. The van der Waals surface area contributed by atoms with Gasteiger partial charge in [-0.1, -0.05) is 60.1 Å². The normalized spacial score (nSPS) is 11.2. The molecule has 0 fully saturated rings. The van der Waals surface area contributed by atoms with E-state index in [0.29, 0.717) is 18.1 Å². The molecule has 1 unspecified atom stereocenters. The van der Waals surface area contributed by atoms with Crippen molar-refractivity contribution in [3.8, 4) is 0 Å². The molecule has 29 heavy (non-hydrogen) atoms. The van der Waals surface area contributed by atoms with Gasteiger partial charge in [-0.3, -0.25) is 4.79 Å². The standard InChI is InChI=1S/C21H28ClN3O.CH2O2/c1-4-25(16-18-12-8-9-13-19(18)22)21(26)23-20(14-15-24(2)3)17-10-6-5-7-11-17;2-1-3/h5-13,20H,4,14-16H2,1-3H3,(H,23,26);1H,(H,2,3). The molecule has 2 aromatic carbocycles. The molecule has 0 aliphatic heterocycles. The van der Waals surface area contributed by atoms with Gasteiger partial charge in [-0.2, -0.15) is 0 Å². The van der Waals surface area contributed by atoms with E-state index < -0.39 is 0 Å². The molecule has 0 spiro atoms. The van der Waals surface area contributed by atoms with Gasteiger partial charge in [0.1, 0.15) is 0 Å². The fraction of sp³-hybridized carbons (Fsp3) is 0.364. The Bertz CT molecular complexity index is 741. The lowest BCUT2D eigenvalue weighted by atomic mass is 10.0. The maximum atomic E-state index is 12.9. The van der Waals surface area contributed by atoms with E-state index in [1.807, 2.05) is 63.5 Å². The van der Waals surface area contributed by atoms with Crippen LogP contribution >= 0.6 is 11.6 Å². The van der Waals surface area contributed by atoms with Crippen LogP contribution in [0, 0.1) is 0 Å². The molecular formula is C22H30ClN3O3. The minimum Gasteiger partial charge on any atom is -0.483 e. The summed E-state index contributed by atoms with van der Waals surface area (Å²) in [4.78, 5) is 25.2. The highest BCUT2D eigenvalue weighted by Crippen LogP contribution is 2.20. The van der Waals surface area contributed by atoms with Gasteiger partial charge in [0.15, 0.2) is 0 Å². The van der Waals surface area contributed by atoms with Crippen LogP contribution in [0.1, 0.15) is 30.5 Å². The number of urea groups is 1. The van der Waals surface area contributed by atoms with E-state index in [-0.39, 0.29) is 18.5 Å². The van der Waals surface area contributed by atoms with Crippen LogP contribution in [-0.4, -0.2) is 54.6 Å². The molecule has 0 bridgehead atoms. The average molecular weight is 420 g/mol. The number of rotatable bonds is 8. The second-order valence-corrected chi connectivity index (χ2v) is 7.12. The first-order chi connectivity index (χ1) is 13.9. The third-order valence-electron chi connectivity index (χ3n) is 4.35. The van der Waals surface area contributed by atoms with Crippen LogP contribution in [-0.2, 0) is 11.3 Å². The first-order valence-corrected chi connectivity index (χ1v) is 9.87. The molecule has 2 rings (SSSR count). The number of nitrogens with one attached hydrogen (secondary N) is 1. The van der Waals surface area contributed by atoms with Gasteiger partial charge in [-0.25, -0.2) is 4.79 Å². The molecule has 0 aromatic heterocycles. The number of carbonyl (C=O) groups excluding carboxylic acids is 1. The van der Waals surface area contributed by atoms with Crippen molar-refractivity contribution in [2.24, 2.45) is 0 Å². The summed E-state index contributed by atoms with van der Waals surface area (Å²) < 4.78 is 0. The maximum absolute atomic E-state index is 12.9. The van der Waals surface area contributed by atoms with Crippen molar-refractivity contribution in [3.05, 3.63) is 70.7 Å². The Morgan fingerprint density at radius 2 is 1.72 bits per heavy atom. The number of nitrogens with zero attached hydrogens (tertiary/aromatic N) is 2. The van der Waals surface area contributed by atoms with Gasteiger partial charge in [0.25, 0.3) is 6.47 Å². The highest BCUT2D eigenvalue weighted by atomic mass is 35.5. The van der Waals surface area contributed by atoms with Gasteiger partial charge in [-0.15, -0.1) is 0 Å². The Kier molecular flexibility index (Phi) is 11.5. The van der Waals surface area contributed by atoms with Crippen LogP contribution in [0.15, 0.2) is 54.6 Å². The molecule has 7 heteroatoms. The third kappa shape index (κ3) is 8.98. The van der Waals surface area contributed by atoms with Crippen molar-refractivity contribution >= 4 is 24.1 Å². The molecule has 2 aromatic rings. The Morgan fingerprint density at radius 1 is 1.14 bits per heavy atom. The summed E-state index contributed by atoms with van der Waals surface area (Å²) >= 11 is 6.25. The molecule has 1 atom stereocenters. The first kappa shape index (κ1) is 24.5. The van der Waals surface area contributed by atoms with Crippen LogP contribution in [0.5, 0.6) is 0 Å². The average Bonchev–Trinajstić information content (AvgIpc) is 2.71. The van der Waals surface area contributed by atoms with Crippen molar-refractivity contribution < 1.29 is 14.7 Å². The molecule has 0 radical (unpaired) electrons. The zero-order chi connectivity index (χ0) is 21.6. The maximum Gasteiger partial charge on any atom is 0.318 e. The van der Waals surface area contributed by atoms with Crippen LogP contribution in [0.3, 0.4) is 0 Å². The second kappa shape index (κ2) is 13.6. The van der Waals surface area contributed by atoms with Crippen molar-refractivity contribution in [3.63, 3.8) is 0 Å². The quantitative estimate of drug-likeness (QED) is 0.627. The molecular weight excluding hydrogens is 390 g/mol. The van der Waals surface area contributed by atoms with E-state index >= 15 is 0 Å². The van der Waals surface area contributed by atoms with E-state index in [2.05, 4.69) is 22.3 Å². The minimum atomic E-state index is -0.250. The molecule has 2 amide bonds. The lowest BCUT2D eigenvalue weighted by Crippen LogP contribution is -2.41. The topological polar surface area (TPSA) is 72.9 Å². The van der Waals surface area contributed by atoms with Gasteiger partial charge in [0.2, 0.25) is 0 Å². The van der Waals surface area contributed by atoms with Gasteiger partial charge in [-0.05, 0) is 51.2 Å². The molecule has 158 valence electrons. The number of carboxylic acid groups (broad SMARTS) is 1. The predicted molar refractivity (Wildman–Crippen MR) is 117 cm³/mol. The smallest absolute Gasteiger partial charge is 0.318 e. The van der Waals surface area contributed by atoms with Gasteiger partial charge in [0.05, 0.1) is 6.04 Å². The Hall–Kier alpha value is -2.57. The van der Waals surface area contributed by atoms with Crippen LogP contribution in [0.25, 0.3) is 0 Å². The summed E-state index contributed by atoms with van der Waals surface area (Å²) in [5.41, 5.74) is 2.08. The first-order valence-electron chi connectivity index (χ1n) is 9.49. The SMILES string of the molecule is CCN(Cc1ccccc1Cl)C(=O)NC(CCN(C)C)c1ccccc1.O=CO. The number of hydrogen-bond donors (Lipinski definition) is 2. The summed E-state index contributed by atoms with van der Waals surface area (Å²) in [5.74, 6) is 0. The summed E-state index contributed by atoms with van der Waals surface area (Å²) in [6, 6.07) is 17.7. The molecule has 0 saturated carbocycles. The van der Waals surface area contributed by atoms with Crippen LogP contribution in [0.4, 0.5) is 4.79 Å². The summed E-state index contributed by atoms with van der Waals surface area (Å²) in [7, 11) is 4.08. The largest absolute Gasteiger partial charge is 0.483 e. The predicted octanol–water partition coefficient (Wildman–Crippen LogP) is 4.27. The number of hydrogen-bond acceptors (Lipinski definition) is 3. The van der Waals surface area contributed by atoms with Crippen molar-refractivity contribution in [1.82, 2.24) is 15.1 Å². The van der Waals surface area contributed by atoms with Crippen molar-refractivity contribution in [1.29, 1.82) is 0 Å². The summed E-state index contributed by atoms with van der Waals surface area (Å²) in [6.45, 7) is 3.74. The Morgan fingerprint density at radius 3 is 2.28 bits per heavy atom. The highest BCUT2D eigenvalue weighted by Gasteiger charge is 2.19. The molecule has 0 saturated heterocycles. The number of benzene rings is 2. The summed E-state index contributed by atoms with van der Waals surface area (Å²) in [6.07, 6.45) is 0.854. The van der Waals surface area contributed by atoms with E-state index in [1.54, 1.807) is 4.90 Å². The van der Waals surface area contributed by atoms with Crippen LogP contribution in [0.2, 0.25) is 5.02 Å². The fourth-order valence-corrected chi connectivity index (χ4v) is 2.99. The van der Waals surface area contributed by atoms with Crippen LogP contribution < -0.4 is 5.32 Å². The van der Waals surface area contributed by atoms with Gasteiger partial charge < -0.3 is 20.2 Å². The summed E-state index contributed by atoms with van der Waals surface area (Å²) in [5, 5.41) is 10.8. The monoisotopic (exact) mass is 419 g/mol. The van der Waals surface area contributed by atoms with Crippen molar-refractivity contribution in [2.45, 2.75) is 25.9 Å². The molecule has 0 heterocycles. The molecule has 6 nitrogen and oxygen atoms in total. The molecule has 0 aliphatic carbocycles. The number of amides is 2. The Balaban J connectivity index is 0.00000132. The van der Waals surface area contributed by atoms with Gasteiger partial charge in [0, 0.05) is 18.1 Å². The van der Waals surface area contributed by atoms with E-state index in [1.165, 1.54) is 0 Å².